The minimum absolute atomic E-state index is 0.208. The standard InChI is InChI=1S/C22H20ClNO4/c1-3-27-22(26)19-11-9-17(13-20(19)23)24-21(25)14(2)28-18-10-8-15-6-4-5-7-16(15)12-18/h4-14H,3H2,1-2H3,(H,24,25). The number of nitrogens with one attached hydrogen (secondary N) is 1. The van der Waals surface area contributed by atoms with E-state index in [-0.39, 0.29) is 23.1 Å². The Morgan fingerprint density at radius 3 is 2.50 bits per heavy atom. The van der Waals surface area contributed by atoms with Crippen molar-refractivity contribution in [1.82, 2.24) is 0 Å². The number of fused-ring (bicyclic) bond motifs is 1. The second-order valence-electron chi connectivity index (χ2n) is 6.17. The Hall–Kier alpha value is -3.05. The van der Waals surface area contributed by atoms with Crippen LogP contribution >= 0.6 is 11.6 Å². The summed E-state index contributed by atoms with van der Waals surface area (Å²) in [5.74, 6) is -0.219. The molecule has 1 N–H and O–H groups in total. The molecule has 3 aromatic carbocycles. The highest BCUT2D eigenvalue weighted by atomic mass is 35.5. The van der Waals surface area contributed by atoms with Gasteiger partial charge in [0.1, 0.15) is 5.75 Å². The van der Waals surface area contributed by atoms with Crippen LogP contribution < -0.4 is 10.1 Å². The van der Waals surface area contributed by atoms with Gasteiger partial charge in [0.15, 0.2) is 6.10 Å². The molecule has 0 aliphatic heterocycles. The summed E-state index contributed by atoms with van der Waals surface area (Å²) in [6.45, 7) is 3.65. The summed E-state index contributed by atoms with van der Waals surface area (Å²) < 4.78 is 10.7. The van der Waals surface area contributed by atoms with Gasteiger partial charge in [-0.25, -0.2) is 4.79 Å². The number of ether oxygens (including phenoxy) is 2. The highest BCUT2D eigenvalue weighted by molar-refractivity contribution is 6.34. The Bertz CT molecular complexity index is 1020. The average Bonchev–Trinajstić information content (AvgIpc) is 2.68. The average molecular weight is 398 g/mol. The van der Waals surface area contributed by atoms with E-state index in [1.54, 1.807) is 19.9 Å². The van der Waals surface area contributed by atoms with E-state index in [4.69, 9.17) is 21.1 Å². The summed E-state index contributed by atoms with van der Waals surface area (Å²) in [5.41, 5.74) is 0.721. The number of carbonyl (C=O) groups is 2. The van der Waals surface area contributed by atoms with Gasteiger partial charge in [-0.05, 0) is 55.0 Å². The van der Waals surface area contributed by atoms with Crippen LogP contribution in [-0.2, 0) is 9.53 Å². The van der Waals surface area contributed by atoms with Gasteiger partial charge in [-0.3, -0.25) is 4.79 Å². The second-order valence-corrected chi connectivity index (χ2v) is 6.58. The molecule has 144 valence electrons. The van der Waals surface area contributed by atoms with Crippen molar-refractivity contribution in [3.8, 4) is 5.75 Å². The van der Waals surface area contributed by atoms with Gasteiger partial charge in [0, 0.05) is 5.69 Å². The lowest BCUT2D eigenvalue weighted by molar-refractivity contribution is -0.122. The van der Waals surface area contributed by atoms with E-state index in [0.29, 0.717) is 11.4 Å². The van der Waals surface area contributed by atoms with Crippen LogP contribution in [0.5, 0.6) is 5.75 Å². The lowest BCUT2D eigenvalue weighted by Crippen LogP contribution is -2.30. The first-order valence-electron chi connectivity index (χ1n) is 8.91. The van der Waals surface area contributed by atoms with E-state index in [2.05, 4.69) is 5.32 Å². The Morgan fingerprint density at radius 1 is 1.04 bits per heavy atom. The van der Waals surface area contributed by atoms with Crippen molar-refractivity contribution in [2.45, 2.75) is 20.0 Å². The molecular formula is C22H20ClNO4. The minimum Gasteiger partial charge on any atom is -0.481 e. The Morgan fingerprint density at radius 2 is 1.79 bits per heavy atom. The Balaban J connectivity index is 1.66. The van der Waals surface area contributed by atoms with E-state index in [0.717, 1.165) is 10.8 Å². The molecule has 3 rings (SSSR count). The molecule has 6 heteroatoms. The molecular weight excluding hydrogens is 378 g/mol. The van der Waals surface area contributed by atoms with Crippen molar-refractivity contribution >= 4 is 39.9 Å². The monoisotopic (exact) mass is 397 g/mol. The molecule has 1 amide bonds. The highest BCUT2D eigenvalue weighted by Crippen LogP contribution is 2.24. The van der Waals surface area contributed by atoms with Crippen molar-refractivity contribution in [2.24, 2.45) is 0 Å². The van der Waals surface area contributed by atoms with Crippen LogP contribution in [-0.4, -0.2) is 24.6 Å². The van der Waals surface area contributed by atoms with Gasteiger partial charge in [0.05, 0.1) is 17.2 Å². The molecule has 0 aliphatic rings. The van der Waals surface area contributed by atoms with Crippen LogP contribution in [0.2, 0.25) is 5.02 Å². The van der Waals surface area contributed by atoms with Crippen molar-refractivity contribution in [2.75, 3.05) is 11.9 Å². The number of benzene rings is 3. The molecule has 0 aliphatic carbocycles. The zero-order valence-corrected chi connectivity index (χ0v) is 16.3. The largest absolute Gasteiger partial charge is 0.481 e. The van der Waals surface area contributed by atoms with Crippen LogP contribution in [0.1, 0.15) is 24.2 Å². The highest BCUT2D eigenvalue weighted by Gasteiger charge is 2.17. The lowest BCUT2D eigenvalue weighted by Gasteiger charge is -2.15. The Kier molecular flexibility index (Phi) is 6.16. The summed E-state index contributed by atoms with van der Waals surface area (Å²) in [6.07, 6.45) is -0.718. The third kappa shape index (κ3) is 4.61. The van der Waals surface area contributed by atoms with Gasteiger partial charge in [0.2, 0.25) is 0 Å². The van der Waals surface area contributed by atoms with E-state index in [9.17, 15) is 9.59 Å². The molecule has 3 aromatic rings. The SMILES string of the molecule is CCOC(=O)c1ccc(NC(=O)C(C)Oc2ccc3ccccc3c2)cc1Cl. The summed E-state index contributed by atoms with van der Waals surface area (Å²) in [7, 11) is 0. The van der Waals surface area contributed by atoms with Gasteiger partial charge >= 0.3 is 5.97 Å². The molecule has 0 radical (unpaired) electrons. The molecule has 0 saturated carbocycles. The van der Waals surface area contributed by atoms with E-state index >= 15 is 0 Å². The zero-order valence-electron chi connectivity index (χ0n) is 15.6. The van der Waals surface area contributed by atoms with Crippen LogP contribution in [0, 0.1) is 0 Å². The molecule has 0 aromatic heterocycles. The van der Waals surface area contributed by atoms with Gasteiger partial charge in [0.25, 0.3) is 5.91 Å². The first-order chi connectivity index (χ1) is 13.5. The topological polar surface area (TPSA) is 64.6 Å². The molecule has 0 spiro atoms. The number of hydrogen-bond acceptors (Lipinski definition) is 4. The molecule has 1 atom stereocenters. The molecule has 0 fully saturated rings. The van der Waals surface area contributed by atoms with Crippen LogP contribution in [0.3, 0.4) is 0 Å². The van der Waals surface area contributed by atoms with Gasteiger partial charge in [-0.15, -0.1) is 0 Å². The van der Waals surface area contributed by atoms with Crippen molar-refractivity contribution in [3.63, 3.8) is 0 Å². The molecule has 28 heavy (non-hydrogen) atoms. The number of anilines is 1. The summed E-state index contributed by atoms with van der Waals surface area (Å²) >= 11 is 6.12. The quantitative estimate of drug-likeness (QED) is 0.589. The van der Waals surface area contributed by atoms with E-state index in [1.807, 2.05) is 42.5 Å². The van der Waals surface area contributed by atoms with Crippen molar-refractivity contribution in [3.05, 3.63) is 71.2 Å². The fourth-order valence-electron chi connectivity index (χ4n) is 2.71. The number of carbonyl (C=O) groups excluding carboxylic acids is 2. The van der Waals surface area contributed by atoms with Gasteiger partial charge in [-0.1, -0.05) is 41.9 Å². The lowest BCUT2D eigenvalue weighted by atomic mass is 10.1. The minimum atomic E-state index is -0.718. The maximum absolute atomic E-state index is 12.4. The molecule has 0 bridgehead atoms. The molecule has 1 unspecified atom stereocenters. The molecule has 0 heterocycles. The maximum atomic E-state index is 12.4. The van der Waals surface area contributed by atoms with Crippen molar-refractivity contribution < 1.29 is 19.1 Å². The number of halogens is 1. The van der Waals surface area contributed by atoms with Crippen LogP contribution in [0.15, 0.2) is 60.7 Å². The third-order valence-electron chi connectivity index (χ3n) is 4.13. The predicted molar refractivity (Wildman–Crippen MR) is 110 cm³/mol. The fourth-order valence-corrected chi connectivity index (χ4v) is 2.97. The predicted octanol–water partition coefficient (Wildman–Crippen LogP) is 5.08. The smallest absolute Gasteiger partial charge is 0.339 e. The zero-order chi connectivity index (χ0) is 20.1. The van der Waals surface area contributed by atoms with E-state index < -0.39 is 12.1 Å². The number of esters is 1. The summed E-state index contributed by atoms with van der Waals surface area (Å²) in [4.78, 5) is 24.2. The van der Waals surface area contributed by atoms with Gasteiger partial charge in [-0.2, -0.15) is 0 Å². The van der Waals surface area contributed by atoms with Crippen LogP contribution in [0.4, 0.5) is 5.69 Å². The second kappa shape index (κ2) is 8.76. The number of hydrogen-bond donors (Lipinski definition) is 1. The normalized spacial score (nSPS) is 11.7. The van der Waals surface area contributed by atoms with Crippen LogP contribution in [0.25, 0.3) is 10.8 Å². The number of amides is 1. The molecule has 5 nitrogen and oxygen atoms in total. The Labute approximate surface area is 168 Å². The van der Waals surface area contributed by atoms with E-state index in [1.165, 1.54) is 12.1 Å². The third-order valence-corrected chi connectivity index (χ3v) is 4.45. The maximum Gasteiger partial charge on any atom is 0.339 e. The fraction of sp³-hybridized carbons (Fsp3) is 0.182. The first kappa shape index (κ1) is 19.7. The first-order valence-corrected chi connectivity index (χ1v) is 9.28. The summed E-state index contributed by atoms with van der Waals surface area (Å²) in [5, 5.41) is 5.08. The molecule has 0 saturated heterocycles. The number of rotatable bonds is 6. The van der Waals surface area contributed by atoms with Crippen molar-refractivity contribution in [1.29, 1.82) is 0 Å². The summed E-state index contributed by atoms with van der Waals surface area (Å²) in [6, 6.07) is 18.2. The van der Waals surface area contributed by atoms with Gasteiger partial charge < -0.3 is 14.8 Å².